The van der Waals surface area contributed by atoms with Crippen LogP contribution >= 0.6 is 23.2 Å². The van der Waals surface area contributed by atoms with Crippen LogP contribution in [-0.4, -0.2) is 14.1 Å². The lowest BCUT2D eigenvalue weighted by molar-refractivity contribution is 0.467. The predicted molar refractivity (Wildman–Crippen MR) is 72.9 cm³/mol. The molecule has 1 atom stereocenters. The summed E-state index contributed by atoms with van der Waals surface area (Å²) in [5.74, 6) is 0.0396. The fourth-order valence-electron chi connectivity index (χ4n) is 1.10. The Morgan fingerprint density at radius 1 is 1.35 bits per heavy atom. The molecule has 96 valence electrons. The van der Waals surface area contributed by atoms with E-state index < -0.39 is 11.0 Å². The normalized spacial score (nSPS) is 13.7. The molecule has 0 radical (unpaired) electrons. The fraction of sp³-hybridized carbons (Fsp3) is 0.455. The Bertz CT molecular complexity index is 444. The van der Waals surface area contributed by atoms with Crippen molar-refractivity contribution < 1.29 is 9.32 Å². The molecule has 6 heteroatoms. The minimum atomic E-state index is -1.22. The van der Waals surface area contributed by atoms with E-state index in [-0.39, 0.29) is 22.1 Å². The maximum atomic E-state index is 11.8. The van der Waals surface area contributed by atoms with Crippen LogP contribution in [-0.2, 0) is 17.5 Å². The molecule has 1 aromatic carbocycles. The van der Waals surface area contributed by atoms with Crippen LogP contribution in [0.3, 0.4) is 0 Å². The van der Waals surface area contributed by atoms with Crippen LogP contribution < -0.4 is 4.72 Å². The Labute approximate surface area is 114 Å². The highest BCUT2D eigenvalue weighted by atomic mass is 35.5. The van der Waals surface area contributed by atoms with E-state index in [4.69, 9.17) is 23.2 Å². The van der Waals surface area contributed by atoms with Crippen molar-refractivity contribution in [2.45, 2.75) is 32.1 Å². The van der Waals surface area contributed by atoms with E-state index in [1.807, 2.05) is 20.8 Å². The lowest BCUT2D eigenvalue weighted by atomic mass is 10.2. The number of phenols is 1. The molecule has 0 fully saturated rings. The quantitative estimate of drug-likeness (QED) is 0.899. The van der Waals surface area contributed by atoms with Gasteiger partial charge in [0.05, 0.1) is 25.8 Å². The summed E-state index contributed by atoms with van der Waals surface area (Å²) >= 11 is 11.8. The second kappa shape index (κ2) is 5.57. The van der Waals surface area contributed by atoms with Gasteiger partial charge in [-0.3, -0.25) is 0 Å². The van der Waals surface area contributed by atoms with Crippen LogP contribution in [0.1, 0.15) is 26.3 Å². The Kier molecular flexibility index (Phi) is 4.84. The summed E-state index contributed by atoms with van der Waals surface area (Å²) in [5.41, 5.74) is 0.455. The molecule has 0 heterocycles. The van der Waals surface area contributed by atoms with E-state index in [1.54, 1.807) is 0 Å². The molecule has 0 saturated carbocycles. The molecule has 1 rings (SSSR count). The summed E-state index contributed by atoms with van der Waals surface area (Å²) in [6, 6.07) is 2.98. The Hall–Kier alpha value is -0.290. The van der Waals surface area contributed by atoms with Gasteiger partial charge in [-0.25, -0.2) is 8.93 Å². The summed E-state index contributed by atoms with van der Waals surface area (Å²) in [6.45, 7) is 5.77. The van der Waals surface area contributed by atoms with E-state index >= 15 is 0 Å². The van der Waals surface area contributed by atoms with Crippen molar-refractivity contribution in [1.82, 2.24) is 4.72 Å². The number of aromatic hydroxyl groups is 1. The molecular weight excluding hydrogens is 281 g/mol. The highest BCUT2D eigenvalue weighted by Gasteiger charge is 2.20. The number of rotatable bonds is 3. The van der Waals surface area contributed by atoms with E-state index in [0.29, 0.717) is 10.6 Å². The number of phenolic OH excluding ortho intramolecular Hbond substituents is 1. The van der Waals surface area contributed by atoms with E-state index in [0.717, 1.165) is 0 Å². The average molecular weight is 296 g/mol. The topological polar surface area (TPSA) is 49.3 Å². The first-order valence-corrected chi connectivity index (χ1v) is 6.95. The third-order valence-corrected chi connectivity index (χ3v) is 4.47. The largest absolute Gasteiger partial charge is 0.508 e. The van der Waals surface area contributed by atoms with Gasteiger partial charge in [-0.05, 0) is 32.9 Å². The van der Waals surface area contributed by atoms with Crippen LogP contribution in [0.25, 0.3) is 0 Å². The molecular formula is C11H15Cl2NO2S. The maximum absolute atomic E-state index is 11.8. The zero-order chi connectivity index (χ0) is 13.2. The smallest absolute Gasteiger partial charge is 0.121 e. The van der Waals surface area contributed by atoms with Crippen molar-refractivity contribution in [3.05, 3.63) is 27.7 Å². The highest BCUT2D eigenvalue weighted by molar-refractivity contribution is 7.84. The molecule has 2 N–H and O–H groups in total. The summed E-state index contributed by atoms with van der Waals surface area (Å²) in [7, 11) is -1.22. The van der Waals surface area contributed by atoms with Crippen molar-refractivity contribution in [2.75, 3.05) is 0 Å². The first kappa shape index (κ1) is 14.8. The first-order chi connectivity index (χ1) is 7.73. The van der Waals surface area contributed by atoms with Crippen molar-refractivity contribution in [3.63, 3.8) is 0 Å². The number of nitrogens with one attached hydrogen (secondary N) is 1. The Morgan fingerprint density at radius 2 is 1.94 bits per heavy atom. The lowest BCUT2D eigenvalue weighted by Crippen LogP contribution is -2.32. The van der Waals surface area contributed by atoms with Crippen LogP contribution in [0, 0.1) is 0 Å². The van der Waals surface area contributed by atoms with Gasteiger partial charge in [0.25, 0.3) is 0 Å². The highest BCUT2D eigenvalue weighted by Crippen LogP contribution is 2.32. The number of hydrogen-bond donors (Lipinski definition) is 2. The van der Waals surface area contributed by atoms with Gasteiger partial charge >= 0.3 is 0 Å². The Morgan fingerprint density at radius 3 is 2.47 bits per heavy atom. The van der Waals surface area contributed by atoms with Crippen LogP contribution in [0.5, 0.6) is 5.75 Å². The predicted octanol–water partition coefficient (Wildman–Crippen LogP) is 3.25. The molecule has 0 bridgehead atoms. The molecule has 1 aromatic rings. The van der Waals surface area contributed by atoms with Crippen molar-refractivity contribution in [1.29, 1.82) is 0 Å². The molecule has 17 heavy (non-hydrogen) atoms. The third kappa shape index (κ3) is 3.85. The lowest BCUT2D eigenvalue weighted by Gasteiger charge is -2.18. The van der Waals surface area contributed by atoms with Gasteiger partial charge in [-0.15, -0.1) is 0 Å². The fourth-order valence-corrected chi connectivity index (χ4v) is 2.22. The van der Waals surface area contributed by atoms with Gasteiger partial charge in [0.2, 0.25) is 0 Å². The number of benzene rings is 1. The average Bonchev–Trinajstić information content (AvgIpc) is 2.22. The van der Waals surface area contributed by atoms with Gasteiger partial charge in [0, 0.05) is 12.1 Å². The van der Waals surface area contributed by atoms with Gasteiger partial charge in [0.1, 0.15) is 5.75 Å². The SMILES string of the molecule is CC(C)(C)[S@](=O)NCc1c(O)ccc(Cl)c1Cl. The molecule has 0 aliphatic heterocycles. The number of hydrogen-bond acceptors (Lipinski definition) is 2. The number of halogens is 2. The minimum Gasteiger partial charge on any atom is -0.508 e. The molecule has 0 aliphatic rings. The van der Waals surface area contributed by atoms with Crippen LogP contribution in [0.4, 0.5) is 0 Å². The van der Waals surface area contributed by atoms with E-state index in [1.165, 1.54) is 12.1 Å². The van der Waals surface area contributed by atoms with Crippen LogP contribution in [0.15, 0.2) is 12.1 Å². The van der Waals surface area contributed by atoms with Crippen molar-refractivity contribution in [2.24, 2.45) is 0 Å². The van der Waals surface area contributed by atoms with Gasteiger partial charge < -0.3 is 5.11 Å². The third-order valence-electron chi connectivity index (χ3n) is 2.11. The van der Waals surface area contributed by atoms with Gasteiger partial charge in [-0.1, -0.05) is 23.2 Å². The molecule has 0 spiro atoms. The second-order valence-corrected chi connectivity index (χ2v) is 7.40. The van der Waals surface area contributed by atoms with E-state index in [2.05, 4.69) is 4.72 Å². The van der Waals surface area contributed by atoms with Gasteiger partial charge in [-0.2, -0.15) is 0 Å². The van der Waals surface area contributed by atoms with Crippen molar-refractivity contribution >= 4 is 34.2 Å². The maximum Gasteiger partial charge on any atom is 0.121 e. The summed E-state index contributed by atoms with van der Waals surface area (Å²) in [4.78, 5) is 0. The molecule has 0 amide bonds. The van der Waals surface area contributed by atoms with Crippen LogP contribution in [0.2, 0.25) is 10.0 Å². The van der Waals surface area contributed by atoms with Gasteiger partial charge in [0.15, 0.2) is 0 Å². The molecule has 3 nitrogen and oxygen atoms in total. The molecule has 0 aromatic heterocycles. The molecule has 0 unspecified atom stereocenters. The molecule has 0 aliphatic carbocycles. The minimum absolute atomic E-state index is 0.0396. The zero-order valence-corrected chi connectivity index (χ0v) is 12.2. The summed E-state index contributed by atoms with van der Waals surface area (Å²) in [6.07, 6.45) is 0. The second-order valence-electron chi connectivity index (χ2n) is 4.56. The molecule has 0 saturated heterocycles. The zero-order valence-electron chi connectivity index (χ0n) is 9.88. The Balaban J connectivity index is 2.84. The summed E-state index contributed by atoms with van der Waals surface area (Å²) < 4.78 is 14.2. The van der Waals surface area contributed by atoms with Crippen molar-refractivity contribution in [3.8, 4) is 5.75 Å². The first-order valence-electron chi connectivity index (χ1n) is 5.04. The summed E-state index contributed by atoms with van der Waals surface area (Å²) in [5, 5.41) is 10.3. The van der Waals surface area contributed by atoms with E-state index in [9.17, 15) is 9.32 Å². The monoisotopic (exact) mass is 295 g/mol. The standard InChI is InChI=1S/C11H15Cl2NO2S/c1-11(2,3)17(16)14-6-7-9(15)5-4-8(12)10(7)13/h4-5,14-15H,6H2,1-3H3/t17-/m0/s1.